The van der Waals surface area contributed by atoms with Crippen LogP contribution in [0.4, 0.5) is 10.5 Å². The smallest absolute Gasteiger partial charge is 0.315 e. The van der Waals surface area contributed by atoms with Crippen molar-refractivity contribution in [1.29, 1.82) is 0 Å². The largest absolute Gasteiger partial charge is 0.338 e. The summed E-state index contributed by atoms with van der Waals surface area (Å²) in [7, 11) is 0. The summed E-state index contributed by atoms with van der Waals surface area (Å²) in [4.78, 5) is 23.5. The highest BCUT2D eigenvalue weighted by molar-refractivity contribution is 5.90. The van der Waals surface area contributed by atoms with Crippen molar-refractivity contribution in [2.24, 2.45) is 0 Å². The summed E-state index contributed by atoms with van der Waals surface area (Å²) in [5, 5.41) is 8.57. The predicted molar refractivity (Wildman–Crippen MR) is 105 cm³/mol. The Kier molecular flexibility index (Phi) is 8.77. The van der Waals surface area contributed by atoms with Gasteiger partial charge in [-0.2, -0.15) is 0 Å². The van der Waals surface area contributed by atoms with Crippen LogP contribution >= 0.6 is 0 Å². The molecule has 0 unspecified atom stereocenters. The third kappa shape index (κ3) is 8.33. The molecule has 0 aliphatic carbocycles. The molecule has 138 valence electrons. The van der Waals surface area contributed by atoms with E-state index in [1.54, 1.807) is 0 Å². The maximum absolute atomic E-state index is 11.8. The standard InChI is InChI=1S/C21H27N3O2/c25-20(24-19-13-7-4-8-14-19)15-9-1-2-10-16-22-21(26)23-17-18-11-5-3-6-12-18/h3-8,11-14H,1-2,9-10,15-17H2,(H,24,25)(H2,22,23,26). The van der Waals surface area contributed by atoms with E-state index in [2.05, 4.69) is 16.0 Å². The molecule has 0 saturated carbocycles. The number of amides is 3. The van der Waals surface area contributed by atoms with Crippen molar-refractivity contribution in [3.8, 4) is 0 Å². The molecule has 0 bridgehead atoms. The average Bonchev–Trinajstić information content (AvgIpc) is 2.67. The SMILES string of the molecule is O=C(CCCCCCNC(=O)NCc1ccccc1)Nc1ccccc1. The monoisotopic (exact) mass is 353 g/mol. The average molecular weight is 353 g/mol. The molecular weight excluding hydrogens is 326 g/mol. The maximum Gasteiger partial charge on any atom is 0.315 e. The Morgan fingerprint density at radius 3 is 2.12 bits per heavy atom. The zero-order valence-corrected chi connectivity index (χ0v) is 15.0. The van der Waals surface area contributed by atoms with Gasteiger partial charge in [0.1, 0.15) is 0 Å². The van der Waals surface area contributed by atoms with Crippen LogP contribution in [0.2, 0.25) is 0 Å². The number of urea groups is 1. The van der Waals surface area contributed by atoms with E-state index in [0.717, 1.165) is 36.9 Å². The number of hydrogen-bond acceptors (Lipinski definition) is 2. The van der Waals surface area contributed by atoms with Gasteiger partial charge in [0.15, 0.2) is 0 Å². The molecule has 0 saturated heterocycles. The number of nitrogens with one attached hydrogen (secondary N) is 3. The van der Waals surface area contributed by atoms with Gasteiger partial charge in [0, 0.05) is 25.2 Å². The quantitative estimate of drug-likeness (QED) is 0.563. The van der Waals surface area contributed by atoms with Crippen molar-refractivity contribution in [1.82, 2.24) is 10.6 Å². The molecule has 2 rings (SSSR count). The third-order valence-electron chi connectivity index (χ3n) is 3.97. The molecule has 2 aromatic carbocycles. The van der Waals surface area contributed by atoms with Gasteiger partial charge in [-0.1, -0.05) is 61.4 Å². The zero-order chi connectivity index (χ0) is 18.5. The summed E-state index contributed by atoms with van der Waals surface area (Å²) in [6, 6.07) is 19.2. The number of para-hydroxylation sites is 1. The van der Waals surface area contributed by atoms with Crippen LogP contribution in [0, 0.1) is 0 Å². The first-order valence-corrected chi connectivity index (χ1v) is 9.14. The molecule has 3 N–H and O–H groups in total. The van der Waals surface area contributed by atoms with Gasteiger partial charge in [-0.05, 0) is 30.5 Å². The van der Waals surface area contributed by atoms with E-state index in [-0.39, 0.29) is 11.9 Å². The molecule has 5 nitrogen and oxygen atoms in total. The van der Waals surface area contributed by atoms with Gasteiger partial charge in [0.05, 0.1) is 0 Å². The molecule has 0 fully saturated rings. The van der Waals surface area contributed by atoms with E-state index in [1.165, 1.54) is 0 Å². The molecule has 0 aliphatic rings. The Balaban J connectivity index is 1.44. The summed E-state index contributed by atoms with van der Waals surface area (Å²) < 4.78 is 0. The van der Waals surface area contributed by atoms with Crippen LogP contribution in [0.5, 0.6) is 0 Å². The minimum absolute atomic E-state index is 0.0506. The summed E-state index contributed by atoms with van der Waals surface area (Å²) in [6.45, 7) is 1.18. The van der Waals surface area contributed by atoms with Gasteiger partial charge in [0.25, 0.3) is 0 Å². The van der Waals surface area contributed by atoms with Crippen molar-refractivity contribution in [3.05, 3.63) is 66.2 Å². The van der Waals surface area contributed by atoms with Crippen LogP contribution in [0.25, 0.3) is 0 Å². The van der Waals surface area contributed by atoms with E-state index in [9.17, 15) is 9.59 Å². The van der Waals surface area contributed by atoms with Gasteiger partial charge in [-0.15, -0.1) is 0 Å². The van der Waals surface area contributed by atoms with Gasteiger partial charge in [-0.3, -0.25) is 4.79 Å². The molecule has 0 radical (unpaired) electrons. The van der Waals surface area contributed by atoms with Crippen LogP contribution in [0.3, 0.4) is 0 Å². The van der Waals surface area contributed by atoms with Crippen LogP contribution in [-0.4, -0.2) is 18.5 Å². The first-order valence-electron chi connectivity index (χ1n) is 9.14. The predicted octanol–water partition coefficient (Wildman–Crippen LogP) is 4.08. The Hall–Kier alpha value is -2.82. The van der Waals surface area contributed by atoms with Crippen molar-refractivity contribution < 1.29 is 9.59 Å². The van der Waals surface area contributed by atoms with E-state index >= 15 is 0 Å². The van der Waals surface area contributed by atoms with E-state index in [4.69, 9.17) is 0 Å². The Morgan fingerprint density at radius 2 is 1.38 bits per heavy atom. The molecular formula is C21H27N3O2. The van der Waals surface area contributed by atoms with Crippen molar-refractivity contribution in [2.45, 2.75) is 38.6 Å². The second kappa shape index (κ2) is 11.7. The maximum atomic E-state index is 11.8. The Bertz CT molecular complexity index is 659. The van der Waals surface area contributed by atoms with E-state index in [1.807, 2.05) is 60.7 Å². The van der Waals surface area contributed by atoms with Crippen LogP contribution in [0.15, 0.2) is 60.7 Å². The molecule has 0 atom stereocenters. The second-order valence-electron chi connectivity index (χ2n) is 6.17. The fourth-order valence-electron chi connectivity index (χ4n) is 2.55. The number of rotatable bonds is 10. The summed E-state index contributed by atoms with van der Waals surface area (Å²) in [5.74, 6) is 0.0506. The summed E-state index contributed by atoms with van der Waals surface area (Å²) in [5.41, 5.74) is 1.92. The van der Waals surface area contributed by atoms with Crippen molar-refractivity contribution in [3.63, 3.8) is 0 Å². The molecule has 0 spiro atoms. The Morgan fingerprint density at radius 1 is 0.731 bits per heavy atom. The van der Waals surface area contributed by atoms with Crippen molar-refractivity contribution >= 4 is 17.6 Å². The number of anilines is 1. The van der Waals surface area contributed by atoms with Crippen LogP contribution < -0.4 is 16.0 Å². The summed E-state index contributed by atoms with van der Waals surface area (Å²) in [6.07, 6.45) is 4.28. The number of carbonyl (C=O) groups excluding carboxylic acids is 2. The second-order valence-corrected chi connectivity index (χ2v) is 6.17. The lowest BCUT2D eigenvalue weighted by Gasteiger charge is -2.08. The van der Waals surface area contributed by atoms with Gasteiger partial charge < -0.3 is 16.0 Å². The minimum Gasteiger partial charge on any atom is -0.338 e. The van der Waals surface area contributed by atoms with E-state index in [0.29, 0.717) is 19.5 Å². The fourth-order valence-corrected chi connectivity index (χ4v) is 2.55. The first kappa shape index (κ1) is 19.5. The van der Waals surface area contributed by atoms with Crippen molar-refractivity contribution in [2.75, 3.05) is 11.9 Å². The van der Waals surface area contributed by atoms with Gasteiger partial charge in [0.2, 0.25) is 5.91 Å². The molecule has 0 aliphatic heterocycles. The lowest BCUT2D eigenvalue weighted by atomic mass is 10.1. The minimum atomic E-state index is -0.143. The molecule has 3 amide bonds. The number of hydrogen-bond donors (Lipinski definition) is 3. The zero-order valence-electron chi connectivity index (χ0n) is 15.0. The molecule has 26 heavy (non-hydrogen) atoms. The lowest BCUT2D eigenvalue weighted by molar-refractivity contribution is -0.116. The molecule has 0 aromatic heterocycles. The normalized spacial score (nSPS) is 10.2. The number of benzene rings is 2. The topological polar surface area (TPSA) is 70.2 Å². The highest BCUT2D eigenvalue weighted by atomic mass is 16.2. The highest BCUT2D eigenvalue weighted by Crippen LogP contribution is 2.08. The number of carbonyl (C=O) groups is 2. The van der Waals surface area contributed by atoms with Gasteiger partial charge >= 0.3 is 6.03 Å². The first-order chi connectivity index (χ1) is 12.7. The number of unbranched alkanes of at least 4 members (excludes halogenated alkanes) is 3. The molecule has 2 aromatic rings. The molecule has 0 heterocycles. The van der Waals surface area contributed by atoms with Crippen LogP contribution in [-0.2, 0) is 11.3 Å². The third-order valence-corrected chi connectivity index (χ3v) is 3.97. The van der Waals surface area contributed by atoms with Crippen LogP contribution in [0.1, 0.15) is 37.7 Å². The van der Waals surface area contributed by atoms with E-state index < -0.39 is 0 Å². The lowest BCUT2D eigenvalue weighted by Crippen LogP contribution is -2.35. The fraction of sp³-hybridized carbons (Fsp3) is 0.333. The molecule has 5 heteroatoms. The Labute approximate surface area is 155 Å². The highest BCUT2D eigenvalue weighted by Gasteiger charge is 2.02. The summed E-state index contributed by atoms with van der Waals surface area (Å²) >= 11 is 0. The van der Waals surface area contributed by atoms with Gasteiger partial charge in [-0.25, -0.2) is 4.79 Å².